The Bertz CT molecular complexity index is 464. The summed E-state index contributed by atoms with van der Waals surface area (Å²) in [6.45, 7) is 7.56. The molecular weight excluding hydrogens is 250 g/mol. The van der Waals surface area contributed by atoms with Gasteiger partial charge >= 0.3 is 0 Å². The van der Waals surface area contributed by atoms with E-state index in [0.29, 0.717) is 18.4 Å². The quantitative estimate of drug-likeness (QED) is 0.537. The van der Waals surface area contributed by atoms with Gasteiger partial charge in [0.1, 0.15) is 5.75 Å². The molecule has 0 atom stereocenters. The predicted molar refractivity (Wildman–Crippen MR) is 83.4 cm³/mol. The Hall–Kier alpha value is -1.87. The lowest BCUT2D eigenvalue weighted by Crippen LogP contribution is -2.50. The van der Waals surface area contributed by atoms with Gasteiger partial charge in [-0.3, -0.25) is 9.69 Å². The number of carbonyl (C=O) groups is 1. The minimum absolute atomic E-state index is 0.0740. The number of rotatable bonds is 8. The number of methoxy groups -OCH3 is 1. The van der Waals surface area contributed by atoms with Crippen LogP contribution in [0.15, 0.2) is 49.6 Å². The largest absolute Gasteiger partial charge is 0.497 e. The van der Waals surface area contributed by atoms with Crippen molar-refractivity contribution >= 4 is 5.78 Å². The average molecular weight is 273 g/mol. The Morgan fingerprint density at radius 1 is 1.20 bits per heavy atom. The number of Topliss-reactive ketones (excluding diaryl/α,β-unsaturated/α-hetero) is 1. The predicted octanol–water partition coefficient (Wildman–Crippen LogP) is 3.33. The van der Waals surface area contributed by atoms with Gasteiger partial charge in [0.05, 0.1) is 12.6 Å². The van der Waals surface area contributed by atoms with Gasteiger partial charge in [0, 0.05) is 5.56 Å². The summed E-state index contributed by atoms with van der Waals surface area (Å²) in [6, 6.07) is 7.20. The number of nitrogens with zero attached hydrogens (tertiary/aromatic N) is 1. The van der Waals surface area contributed by atoms with E-state index in [9.17, 15) is 4.79 Å². The second kappa shape index (κ2) is 7.06. The smallest absolute Gasteiger partial charge is 0.183 e. The number of ether oxygens (including phenoxy) is 1. The van der Waals surface area contributed by atoms with E-state index in [2.05, 4.69) is 13.2 Å². The highest BCUT2D eigenvalue weighted by Crippen LogP contribution is 2.28. The van der Waals surface area contributed by atoms with Crippen LogP contribution in [0.4, 0.5) is 0 Å². The molecule has 0 aliphatic carbocycles. The van der Waals surface area contributed by atoms with Crippen LogP contribution in [0.2, 0.25) is 0 Å². The fraction of sp³-hybridized carbons (Fsp3) is 0.353. The molecule has 1 rings (SSSR count). The number of hydrogen-bond donors (Lipinski definition) is 0. The number of ketones is 1. The zero-order valence-corrected chi connectivity index (χ0v) is 12.6. The maximum Gasteiger partial charge on any atom is 0.183 e. The zero-order valence-electron chi connectivity index (χ0n) is 12.6. The number of likely N-dealkylation sites (N-methyl/N-ethyl adjacent to an activating group) is 1. The van der Waals surface area contributed by atoms with Crippen LogP contribution < -0.4 is 4.74 Å². The fourth-order valence-electron chi connectivity index (χ4n) is 2.33. The average Bonchev–Trinajstić information content (AvgIpc) is 2.46. The highest BCUT2D eigenvalue weighted by molar-refractivity contribution is 6.03. The lowest BCUT2D eigenvalue weighted by Gasteiger charge is -2.37. The molecule has 0 spiro atoms. The molecule has 0 unspecified atom stereocenters. The first-order valence-electron chi connectivity index (χ1n) is 6.60. The molecule has 0 aliphatic rings. The van der Waals surface area contributed by atoms with E-state index < -0.39 is 5.54 Å². The molecule has 0 aliphatic heterocycles. The van der Waals surface area contributed by atoms with E-state index in [4.69, 9.17) is 4.74 Å². The summed E-state index contributed by atoms with van der Waals surface area (Å²) in [6.07, 6.45) is 4.73. The van der Waals surface area contributed by atoms with Crippen LogP contribution in [0, 0.1) is 0 Å². The molecule has 1 aromatic carbocycles. The summed E-state index contributed by atoms with van der Waals surface area (Å²) < 4.78 is 5.12. The Labute approximate surface area is 121 Å². The van der Waals surface area contributed by atoms with Gasteiger partial charge in [0.25, 0.3) is 0 Å². The third-order valence-electron chi connectivity index (χ3n) is 3.59. The van der Waals surface area contributed by atoms with Crippen LogP contribution >= 0.6 is 0 Å². The minimum Gasteiger partial charge on any atom is -0.497 e. The highest BCUT2D eigenvalue weighted by atomic mass is 16.5. The van der Waals surface area contributed by atoms with Gasteiger partial charge < -0.3 is 4.74 Å². The third-order valence-corrected chi connectivity index (χ3v) is 3.59. The monoisotopic (exact) mass is 273 g/mol. The zero-order chi connectivity index (χ0) is 15.2. The fourth-order valence-corrected chi connectivity index (χ4v) is 2.33. The molecule has 0 saturated heterocycles. The van der Waals surface area contributed by atoms with Crippen molar-refractivity contribution in [1.82, 2.24) is 4.90 Å². The summed E-state index contributed by atoms with van der Waals surface area (Å²) in [7, 11) is 5.43. The van der Waals surface area contributed by atoms with Crippen LogP contribution in [-0.2, 0) is 0 Å². The van der Waals surface area contributed by atoms with Crippen molar-refractivity contribution in [2.45, 2.75) is 18.4 Å². The van der Waals surface area contributed by atoms with E-state index in [1.807, 2.05) is 19.0 Å². The SMILES string of the molecule is C=CCC(CC=C)(C(=O)c1ccc(OC)cc1)N(C)C. The van der Waals surface area contributed by atoms with Crippen molar-refractivity contribution in [3.05, 3.63) is 55.1 Å². The second-order valence-electron chi connectivity index (χ2n) is 4.97. The first kappa shape index (κ1) is 16.2. The van der Waals surface area contributed by atoms with Gasteiger partial charge in [-0.15, -0.1) is 13.2 Å². The van der Waals surface area contributed by atoms with E-state index in [1.54, 1.807) is 43.5 Å². The minimum atomic E-state index is -0.627. The molecule has 0 fully saturated rings. The Balaban J connectivity index is 3.20. The van der Waals surface area contributed by atoms with Gasteiger partial charge in [0.15, 0.2) is 5.78 Å². The topological polar surface area (TPSA) is 29.5 Å². The molecule has 0 saturated carbocycles. The molecule has 0 radical (unpaired) electrons. The molecule has 3 nitrogen and oxygen atoms in total. The van der Waals surface area contributed by atoms with Crippen molar-refractivity contribution in [3.8, 4) is 5.75 Å². The Morgan fingerprint density at radius 3 is 2.05 bits per heavy atom. The standard InChI is InChI=1S/C17H23NO2/c1-6-12-17(13-7-2,18(3)4)16(19)14-8-10-15(20-5)11-9-14/h6-11H,1-2,12-13H2,3-5H3. The van der Waals surface area contributed by atoms with E-state index in [1.165, 1.54) is 0 Å². The lowest BCUT2D eigenvalue weighted by atomic mass is 9.82. The van der Waals surface area contributed by atoms with Crippen LogP contribution in [0.1, 0.15) is 23.2 Å². The molecule has 0 amide bonds. The summed E-state index contributed by atoms with van der Waals surface area (Å²) in [4.78, 5) is 14.9. The molecule has 0 bridgehead atoms. The second-order valence-corrected chi connectivity index (χ2v) is 4.97. The van der Waals surface area contributed by atoms with Crippen molar-refractivity contribution in [3.63, 3.8) is 0 Å². The maximum absolute atomic E-state index is 12.9. The van der Waals surface area contributed by atoms with Crippen LogP contribution in [0.25, 0.3) is 0 Å². The van der Waals surface area contributed by atoms with Gasteiger partial charge in [-0.2, -0.15) is 0 Å². The molecular formula is C17H23NO2. The van der Waals surface area contributed by atoms with Gasteiger partial charge in [-0.1, -0.05) is 12.2 Å². The number of hydrogen-bond acceptors (Lipinski definition) is 3. The molecule has 3 heteroatoms. The number of carbonyl (C=O) groups excluding carboxylic acids is 1. The Morgan fingerprint density at radius 2 is 1.70 bits per heavy atom. The molecule has 0 heterocycles. The third kappa shape index (κ3) is 3.17. The first-order chi connectivity index (χ1) is 9.51. The van der Waals surface area contributed by atoms with Gasteiger partial charge in [-0.25, -0.2) is 0 Å². The number of benzene rings is 1. The summed E-state index contributed by atoms with van der Waals surface area (Å²) in [5.41, 5.74) is 0.0427. The van der Waals surface area contributed by atoms with Gasteiger partial charge in [-0.05, 0) is 51.2 Å². The van der Waals surface area contributed by atoms with Crippen LogP contribution in [0.5, 0.6) is 5.75 Å². The summed E-state index contributed by atoms with van der Waals surface area (Å²) in [5.74, 6) is 0.814. The normalized spacial score (nSPS) is 11.2. The van der Waals surface area contributed by atoms with Crippen molar-refractivity contribution in [2.75, 3.05) is 21.2 Å². The molecule has 0 aromatic heterocycles. The molecule has 0 N–H and O–H groups in total. The van der Waals surface area contributed by atoms with E-state index in [0.717, 1.165) is 5.75 Å². The van der Waals surface area contributed by atoms with Gasteiger partial charge in [0.2, 0.25) is 0 Å². The van der Waals surface area contributed by atoms with Crippen molar-refractivity contribution in [2.24, 2.45) is 0 Å². The van der Waals surface area contributed by atoms with Crippen molar-refractivity contribution in [1.29, 1.82) is 0 Å². The van der Waals surface area contributed by atoms with E-state index in [-0.39, 0.29) is 5.78 Å². The molecule has 108 valence electrons. The molecule has 20 heavy (non-hydrogen) atoms. The van der Waals surface area contributed by atoms with E-state index >= 15 is 0 Å². The summed E-state index contributed by atoms with van der Waals surface area (Å²) >= 11 is 0. The van der Waals surface area contributed by atoms with Crippen molar-refractivity contribution < 1.29 is 9.53 Å². The first-order valence-corrected chi connectivity index (χ1v) is 6.60. The van der Waals surface area contributed by atoms with Crippen LogP contribution in [-0.4, -0.2) is 37.4 Å². The lowest BCUT2D eigenvalue weighted by molar-refractivity contribution is 0.0690. The summed E-state index contributed by atoms with van der Waals surface area (Å²) in [5, 5.41) is 0. The Kier molecular flexibility index (Phi) is 5.71. The highest BCUT2D eigenvalue weighted by Gasteiger charge is 2.38. The van der Waals surface area contributed by atoms with Crippen LogP contribution in [0.3, 0.4) is 0 Å². The molecule has 1 aromatic rings. The maximum atomic E-state index is 12.9.